The Kier molecular flexibility index (Phi) is 4.98. The Labute approximate surface area is 146 Å². The van der Waals surface area contributed by atoms with Gasteiger partial charge in [0, 0.05) is 18.7 Å². The zero-order valence-corrected chi connectivity index (χ0v) is 14.8. The predicted octanol–water partition coefficient (Wildman–Crippen LogP) is 2.99. The van der Waals surface area contributed by atoms with Crippen LogP contribution in [0.3, 0.4) is 0 Å². The van der Waals surface area contributed by atoms with Gasteiger partial charge in [0.2, 0.25) is 5.91 Å². The first-order chi connectivity index (χ1) is 11.5. The molecule has 0 spiro atoms. The van der Waals surface area contributed by atoms with Crippen LogP contribution in [0.25, 0.3) is 0 Å². The van der Waals surface area contributed by atoms with Gasteiger partial charge in [-0.05, 0) is 41.8 Å². The number of alkyl halides is 2. The molecular weight excluding hydrogens is 384 g/mol. The molecule has 2 heterocycles. The average Bonchev–Trinajstić information content (AvgIpc) is 3.17. The molecule has 1 saturated carbocycles. The van der Waals surface area contributed by atoms with E-state index < -0.39 is 6.43 Å². The summed E-state index contributed by atoms with van der Waals surface area (Å²) in [6.07, 6.45) is 1.04. The number of nitrogens with zero attached hydrogens (tertiary/aromatic N) is 4. The number of hydrogen-bond donors (Lipinski definition) is 1. The van der Waals surface area contributed by atoms with E-state index in [1.807, 2.05) is 19.2 Å². The molecule has 0 bridgehead atoms. The van der Waals surface area contributed by atoms with Crippen molar-refractivity contribution in [3.63, 3.8) is 0 Å². The van der Waals surface area contributed by atoms with Gasteiger partial charge in [-0.3, -0.25) is 14.2 Å². The molecule has 9 heteroatoms. The van der Waals surface area contributed by atoms with E-state index in [9.17, 15) is 13.6 Å². The monoisotopic (exact) mass is 401 g/mol. The molecule has 24 heavy (non-hydrogen) atoms. The Morgan fingerprint density at radius 2 is 2.21 bits per heavy atom. The van der Waals surface area contributed by atoms with Crippen LogP contribution in [0.15, 0.2) is 16.7 Å². The molecule has 0 aromatic carbocycles. The lowest BCUT2D eigenvalue weighted by molar-refractivity contribution is -0.122. The van der Waals surface area contributed by atoms with E-state index in [1.54, 1.807) is 4.68 Å². The maximum absolute atomic E-state index is 13.0. The normalized spacial score (nSPS) is 14.4. The Morgan fingerprint density at radius 3 is 2.79 bits per heavy atom. The van der Waals surface area contributed by atoms with Crippen molar-refractivity contribution in [2.24, 2.45) is 0 Å². The quantitative estimate of drug-likeness (QED) is 0.775. The Bertz CT molecular complexity index is 738. The Balaban J connectivity index is 1.66. The summed E-state index contributed by atoms with van der Waals surface area (Å²) in [5, 5.41) is 11.0. The summed E-state index contributed by atoms with van der Waals surface area (Å²) >= 11 is 3.21. The predicted molar refractivity (Wildman–Crippen MR) is 86.6 cm³/mol. The van der Waals surface area contributed by atoms with Gasteiger partial charge in [-0.2, -0.15) is 10.2 Å². The van der Waals surface area contributed by atoms with Crippen LogP contribution in [-0.2, 0) is 24.4 Å². The van der Waals surface area contributed by atoms with E-state index in [0.717, 1.165) is 25.1 Å². The highest BCUT2D eigenvalue weighted by molar-refractivity contribution is 9.10. The van der Waals surface area contributed by atoms with E-state index in [4.69, 9.17) is 0 Å². The van der Waals surface area contributed by atoms with Crippen LogP contribution in [0, 0.1) is 0 Å². The van der Waals surface area contributed by atoms with Crippen molar-refractivity contribution < 1.29 is 13.6 Å². The molecule has 0 atom stereocenters. The van der Waals surface area contributed by atoms with Gasteiger partial charge >= 0.3 is 0 Å². The van der Waals surface area contributed by atoms with Gasteiger partial charge in [-0.25, -0.2) is 8.78 Å². The maximum Gasteiger partial charge on any atom is 0.283 e. The minimum absolute atomic E-state index is 0.0777. The Hall–Kier alpha value is -1.77. The molecule has 0 unspecified atom stereocenters. The number of carbonyl (C=O) groups excluding carboxylic acids is 1. The summed E-state index contributed by atoms with van der Waals surface area (Å²) in [6, 6.07) is 1.83. The summed E-state index contributed by atoms with van der Waals surface area (Å²) in [7, 11) is 0. The zero-order valence-electron chi connectivity index (χ0n) is 13.2. The summed E-state index contributed by atoms with van der Waals surface area (Å²) in [6.45, 7) is 2.96. The van der Waals surface area contributed by atoms with E-state index in [2.05, 4.69) is 31.4 Å². The van der Waals surface area contributed by atoms with Crippen molar-refractivity contribution in [2.45, 2.75) is 51.7 Å². The zero-order chi connectivity index (χ0) is 17.3. The topological polar surface area (TPSA) is 64.7 Å². The molecule has 1 amide bonds. The number of amides is 1. The molecule has 1 N–H and O–H groups in total. The molecule has 1 aliphatic rings. The molecule has 0 radical (unpaired) electrons. The van der Waals surface area contributed by atoms with E-state index in [-0.39, 0.29) is 24.1 Å². The van der Waals surface area contributed by atoms with Gasteiger partial charge in [0.05, 0.1) is 22.4 Å². The molecule has 3 rings (SSSR count). The molecule has 2 aromatic heterocycles. The fourth-order valence-electron chi connectivity index (χ4n) is 2.53. The van der Waals surface area contributed by atoms with E-state index >= 15 is 0 Å². The third kappa shape index (κ3) is 3.66. The van der Waals surface area contributed by atoms with Crippen molar-refractivity contribution in [2.75, 3.05) is 0 Å². The lowest BCUT2D eigenvalue weighted by Gasteiger charge is -2.07. The number of aromatic nitrogens is 4. The highest BCUT2D eigenvalue weighted by atomic mass is 79.9. The standard InChI is InChI=1S/C15H18BrF2N5O/c1-2-22-6-5-10(20-22)7-19-11(24)8-23-14(9-3-4-9)12(16)13(21-23)15(17)18/h5-6,9,15H,2-4,7-8H2,1H3,(H,19,24). The highest BCUT2D eigenvalue weighted by Gasteiger charge is 2.34. The smallest absolute Gasteiger partial charge is 0.283 e. The van der Waals surface area contributed by atoms with Crippen LogP contribution in [-0.4, -0.2) is 25.5 Å². The summed E-state index contributed by atoms with van der Waals surface area (Å²) < 4.78 is 29.6. The first kappa shape index (κ1) is 17.1. The van der Waals surface area contributed by atoms with Crippen molar-refractivity contribution in [1.82, 2.24) is 24.9 Å². The van der Waals surface area contributed by atoms with Gasteiger partial charge in [-0.1, -0.05) is 0 Å². The van der Waals surface area contributed by atoms with Crippen LogP contribution < -0.4 is 5.32 Å². The third-order valence-corrected chi connectivity index (χ3v) is 4.72. The van der Waals surface area contributed by atoms with Gasteiger partial charge in [0.25, 0.3) is 6.43 Å². The number of carbonyl (C=O) groups is 1. The molecule has 2 aromatic rings. The van der Waals surface area contributed by atoms with Crippen LogP contribution in [0.2, 0.25) is 0 Å². The summed E-state index contributed by atoms with van der Waals surface area (Å²) in [5.41, 5.74) is 1.14. The molecule has 1 fully saturated rings. The summed E-state index contributed by atoms with van der Waals surface area (Å²) in [5.74, 6) is -0.0776. The molecule has 6 nitrogen and oxygen atoms in total. The average molecular weight is 402 g/mol. The second kappa shape index (κ2) is 7.00. The molecule has 0 aliphatic heterocycles. The number of hydrogen-bond acceptors (Lipinski definition) is 3. The maximum atomic E-state index is 13.0. The minimum Gasteiger partial charge on any atom is -0.349 e. The van der Waals surface area contributed by atoms with E-state index in [0.29, 0.717) is 16.7 Å². The first-order valence-corrected chi connectivity index (χ1v) is 8.62. The fourth-order valence-corrected chi connectivity index (χ4v) is 3.32. The number of halogens is 3. The van der Waals surface area contributed by atoms with Gasteiger partial charge in [0.1, 0.15) is 12.2 Å². The van der Waals surface area contributed by atoms with Crippen LogP contribution in [0.4, 0.5) is 8.78 Å². The van der Waals surface area contributed by atoms with Crippen molar-refractivity contribution in [3.8, 4) is 0 Å². The van der Waals surface area contributed by atoms with Gasteiger partial charge in [-0.15, -0.1) is 0 Å². The van der Waals surface area contributed by atoms with Crippen molar-refractivity contribution >= 4 is 21.8 Å². The lowest BCUT2D eigenvalue weighted by Crippen LogP contribution is -2.28. The van der Waals surface area contributed by atoms with Crippen molar-refractivity contribution in [1.29, 1.82) is 0 Å². The van der Waals surface area contributed by atoms with Crippen molar-refractivity contribution in [3.05, 3.63) is 33.8 Å². The SMILES string of the molecule is CCn1ccc(CNC(=O)Cn2nc(C(F)F)c(Br)c2C2CC2)n1. The van der Waals surface area contributed by atoms with Crippen LogP contribution in [0.5, 0.6) is 0 Å². The molecule has 130 valence electrons. The molecule has 1 aliphatic carbocycles. The second-order valence-corrected chi connectivity index (χ2v) is 6.55. The number of aryl methyl sites for hydroxylation is 1. The fraction of sp³-hybridized carbons (Fsp3) is 0.533. The minimum atomic E-state index is -2.67. The Morgan fingerprint density at radius 1 is 1.46 bits per heavy atom. The second-order valence-electron chi connectivity index (χ2n) is 5.76. The first-order valence-electron chi connectivity index (χ1n) is 7.82. The third-order valence-electron chi connectivity index (χ3n) is 3.91. The number of rotatable bonds is 7. The van der Waals surface area contributed by atoms with Gasteiger partial charge < -0.3 is 5.32 Å². The molecular formula is C15H18BrF2N5O. The van der Waals surface area contributed by atoms with Crippen LogP contribution in [0.1, 0.15) is 49.2 Å². The van der Waals surface area contributed by atoms with E-state index in [1.165, 1.54) is 4.68 Å². The molecule has 0 saturated heterocycles. The summed E-state index contributed by atoms with van der Waals surface area (Å²) in [4.78, 5) is 12.1. The highest BCUT2D eigenvalue weighted by Crippen LogP contribution is 2.45. The lowest BCUT2D eigenvalue weighted by atomic mass is 10.2. The van der Waals surface area contributed by atoms with Gasteiger partial charge in [0.15, 0.2) is 0 Å². The largest absolute Gasteiger partial charge is 0.349 e. The number of nitrogens with one attached hydrogen (secondary N) is 1. The van der Waals surface area contributed by atoms with Crippen LogP contribution >= 0.6 is 15.9 Å².